The Morgan fingerprint density at radius 1 is 1.22 bits per heavy atom. The van der Waals surface area contributed by atoms with Gasteiger partial charge in [0.05, 0.1) is 28.2 Å². The van der Waals surface area contributed by atoms with Gasteiger partial charge in [-0.2, -0.15) is 13.9 Å². The van der Waals surface area contributed by atoms with Crippen molar-refractivity contribution < 1.29 is 18.3 Å². The van der Waals surface area contributed by atoms with E-state index in [-0.39, 0.29) is 16.7 Å². The fourth-order valence-electron chi connectivity index (χ4n) is 2.62. The molecule has 0 aliphatic rings. The van der Waals surface area contributed by atoms with Gasteiger partial charge < -0.3 is 10.1 Å². The van der Waals surface area contributed by atoms with E-state index >= 15 is 0 Å². The highest BCUT2D eigenvalue weighted by atomic mass is 35.5. The van der Waals surface area contributed by atoms with Gasteiger partial charge in [-0.3, -0.25) is 4.79 Å². The molecule has 0 saturated carbocycles. The van der Waals surface area contributed by atoms with Gasteiger partial charge in [-0.15, -0.1) is 0 Å². The van der Waals surface area contributed by atoms with Crippen molar-refractivity contribution in [3.8, 4) is 11.4 Å². The smallest absolute Gasteiger partial charge is 0.387 e. The molecule has 0 aliphatic heterocycles. The van der Waals surface area contributed by atoms with E-state index in [0.29, 0.717) is 16.9 Å². The normalized spacial score (nSPS) is 10.9. The molecule has 0 radical (unpaired) electrons. The molecule has 140 valence electrons. The molecule has 8 heteroatoms. The van der Waals surface area contributed by atoms with E-state index in [4.69, 9.17) is 11.6 Å². The minimum absolute atomic E-state index is 0.0275. The number of aryl methyl sites for hydroxylation is 1. The summed E-state index contributed by atoms with van der Waals surface area (Å²) >= 11 is 5.91. The summed E-state index contributed by atoms with van der Waals surface area (Å²) in [4.78, 5) is 12.6. The zero-order chi connectivity index (χ0) is 19.6. The molecule has 2 aromatic carbocycles. The van der Waals surface area contributed by atoms with Crippen molar-refractivity contribution in [1.82, 2.24) is 9.78 Å². The second-order valence-corrected chi connectivity index (χ2v) is 6.28. The zero-order valence-electron chi connectivity index (χ0n) is 14.5. The van der Waals surface area contributed by atoms with Crippen LogP contribution < -0.4 is 10.1 Å². The maximum atomic E-state index is 12.6. The first-order valence-electron chi connectivity index (χ1n) is 8.02. The topological polar surface area (TPSA) is 56.2 Å². The van der Waals surface area contributed by atoms with Crippen molar-refractivity contribution >= 4 is 23.2 Å². The Hall–Kier alpha value is -2.93. The molecule has 3 rings (SSSR count). The van der Waals surface area contributed by atoms with Gasteiger partial charge in [0.15, 0.2) is 0 Å². The van der Waals surface area contributed by atoms with Gasteiger partial charge in [-0.05, 0) is 49.7 Å². The lowest BCUT2D eigenvalue weighted by atomic mass is 10.2. The van der Waals surface area contributed by atoms with E-state index in [1.165, 1.54) is 24.4 Å². The number of ether oxygens (including phenoxy) is 1. The molecule has 0 spiro atoms. The highest BCUT2D eigenvalue weighted by Crippen LogP contribution is 2.29. The Morgan fingerprint density at radius 3 is 2.67 bits per heavy atom. The fourth-order valence-corrected chi connectivity index (χ4v) is 2.85. The highest BCUT2D eigenvalue weighted by Gasteiger charge is 2.16. The SMILES string of the molecule is Cc1cccc(-n2ncc(C(=O)Nc3ccc(OC(F)F)c(Cl)c3)c2C)c1. The molecule has 1 aromatic heterocycles. The molecule has 0 atom stereocenters. The van der Waals surface area contributed by atoms with Crippen LogP contribution >= 0.6 is 11.6 Å². The summed E-state index contributed by atoms with van der Waals surface area (Å²) in [7, 11) is 0. The summed E-state index contributed by atoms with van der Waals surface area (Å²) in [6.45, 7) is 0.788. The predicted molar refractivity (Wildman–Crippen MR) is 99.1 cm³/mol. The molecule has 5 nitrogen and oxygen atoms in total. The molecular weight excluding hydrogens is 376 g/mol. The van der Waals surface area contributed by atoms with Gasteiger partial charge in [0.2, 0.25) is 0 Å². The number of amides is 1. The molecule has 0 fully saturated rings. The molecule has 0 bridgehead atoms. The van der Waals surface area contributed by atoms with Crippen molar-refractivity contribution in [2.45, 2.75) is 20.5 Å². The molecule has 27 heavy (non-hydrogen) atoms. The van der Waals surface area contributed by atoms with Crippen molar-refractivity contribution in [3.63, 3.8) is 0 Å². The Labute approximate surface area is 159 Å². The number of hydrogen-bond donors (Lipinski definition) is 1. The number of nitrogens with one attached hydrogen (secondary N) is 1. The lowest BCUT2D eigenvalue weighted by molar-refractivity contribution is -0.0497. The Balaban J connectivity index is 1.80. The number of carbonyl (C=O) groups is 1. The van der Waals surface area contributed by atoms with E-state index in [1.807, 2.05) is 31.2 Å². The first-order chi connectivity index (χ1) is 12.8. The number of nitrogens with zero attached hydrogens (tertiary/aromatic N) is 2. The third-order valence-electron chi connectivity index (χ3n) is 3.91. The van der Waals surface area contributed by atoms with Crippen molar-refractivity contribution in [1.29, 1.82) is 0 Å². The summed E-state index contributed by atoms with van der Waals surface area (Å²) < 4.78 is 30.5. The lowest BCUT2D eigenvalue weighted by Gasteiger charge is -2.10. The number of hydrogen-bond acceptors (Lipinski definition) is 3. The van der Waals surface area contributed by atoms with Crippen molar-refractivity contribution in [3.05, 3.63) is 70.5 Å². The second kappa shape index (κ2) is 7.75. The highest BCUT2D eigenvalue weighted by molar-refractivity contribution is 6.32. The molecular formula is C19H16ClF2N3O2. The van der Waals surface area contributed by atoms with Gasteiger partial charge in [-0.25, -0.2) is 4.68 Å². The van der Waals surface area contributed by atoms with E-state index in [9.17, 15) is 13.6 Å². The maximum absolute atomic E-state index is 12.6. The van der Waals surface area contributed by atoms with Crippen LogP contribution in [0.1, 0.15) is 21.6 Å². The van der Waals surface area contributed by atoms with E-state index in [2.05, 4.69) is 15.2 Å². The summed E-state index contributed by atoms with van der Waals surface area (Å²) in [6.07, 6.45) is 1.48. The third kappa shape index (κ3) is 4.25. The number of carbonyl (C=O) groups excluding carboxylic acids is 1. The van der Waals surface area contributed by atoms with Crippen LogP contribution in [0.15, 0.2) is 48.7 Å². The number of alkyl halides is 2. The molecule has 1 amide bonds. The number of anilines is 1. The third-order valence-corrected chi connectivity index (χ3v) is 4.20. The minimum atomic E-state index is -2.97. The van der Waals surface area contributed by atoms with Crippen LogP contribution in [0.2, 0.25) is 5.02 Å². The van der Waals surface area contributed by atoms with Crippen LogP contribution in [-0.4, -0.2) is 22.3 Å². The van der Waals surface area contributed by atoms with E-state index in [0.717, 1.165) is 11.3 Å². The Kier molecular flexibility index (Phi) is 5.41. The van der Waals surface area contributed by atoms with Crippen LogP contribution in [-0.2, 0) is 0 Å². The van der Waals surface area contributed by atoms with Gasteiger partial charge in [0, 0.05) is 5.69 Å². The Bertz CT molecular complexity index is 989. The summed E-state index contributed by atoms with van der Waals surface area (Å²) in [5, 5.41) is 6.93. The minimum Gasteiger partial charge on any atom is -0.433 e. The molecule has 3 aromatic rings. The van der Waals surface area contributed by atoms with Crippen LogP contribution in [0.25, 0.3) is 5.69 Å². The standard InChI is InChI=1S/C19H16ClF2N3O2/c1-11-4-3-5-14(8-11)25-12(2)15(10-23-25)18(26)24-13-6-7-17(16(20)9-13)27-19(21)22/h3-10,19H,1-2H3,(H,24,26). The van der Waals surface area contributed by atoms with E-state index < -0.39 is 6.61 Å². The lowest BCUT2D eigenvalue weighted by Crippen LogP contribution is -2.13. The van der Waals surface area contributed by atoms with Crippen LogP contribution in [0, 0.1) is 13.8 Å². The molecule has 0 aliphatic carbocycles. The van der Waals surface area contributed by atoms with Crippen molar-refractivity contribution in [2.75, 3.05) is 5.32 Å². The largest absolute Gasteiger partial charge is 0.433 e. The van der Waals surface area contributed by atoms with Crippen LogP contribution in [0.3, 0.4) is 0 Å². The van der Waals surface area contributed by atoms with Crippen LogP contribution in [0.4, 0.5) is 14.5 Å². The summed E-state index contributed by atoms with van der Waals surface area (Å²) in [6, 6.07) is 11.8. The summed E-state index contributed by atoms with van der Waals surface area (Å²) in [5.41, 5.74) is 3.34. The van der Waals surface area contributed by atoms with Gasteiger partial charge in [0.1, 0.15) is 5.75 Å². The monoisotopic (exact) mass is 391 g/mol. The number of halogens is 3. The Morgan fingerprint density at radius 2 is 2.00 bits per heavy atom. The number of aromatic nitrogens is 2. The average Bonchev–Trinajstić information content (AvgIpc) is 2.98. The molecule has 1 heterocycles. The van der Waals surface area contributed by atoms with E-state index in [1.54, 1.807) is 11.6 Å². The molecule has 0 unspecified atom stereocenters. The zero-order valence-corrected chi connectivity index (χ0v) is 15.3. The van der Waals surface area contributed by atoms with Crippen molar-refractivity contribution in [2.24, 2.45) is 0 Å². The number of benzene rings is 2. The fraction of sp³-hybridized carbons (Fsp3) is 0.158. The summed E-state index contributed by atoms with van der Waals surface area (Å²) in [5.74, 6) is -0.543. The molecule has 0 saturated heterocycles. The predicted octanol–water partition coefficient (Wildman–Crippen LogP) is 5.00. The van der Waals surface area contributed by atoms with Gasteiger partial charge in [0.25, 0.3) is 5.91 Å². The molecule has 1 N–H and O–H groups in total. The maximum Gasteiger partial charge on any atom is 0.387 e. The average molecular weight is 392 g/mol. The van der Waals surface area contributed by atoms with Crippen LogP contribution in [0.5, 0.6) is 5.75 Å². The van der Waals surface area contributed by atoms with Gasteiger partial charge >= 0.3 is 6.61 Å². The number of rotatable bonds is 5. The first kappa shape index (κ1) is 18.8. The second-order valence-electron chi connectivity index (χ2n) is 5.87. The quantitative estimate of drug-likeness (QED) is 0.666. The van der Waals surface area contributed by atoms with Gasteiger partial charge in [-0.1, -0.05) is 23.7 Å². The first-order valence-corrected chi connectivity index (χ1v) is 8.40.